The Hall–Kier alpha value is -3.59. The molecule has 3 rings (SSSR count). The zero-order valence-corrected chi connectivity index (χ0v) is 16.2. The number of carbonyl (C=O) groups is 3. The number of aliphatic hydroxyl groups excluding tert-OH is 1. The van der Waals surface area contributed by atoms with Crippen LogP contribution < -0.4 is 10.6 Å². The van der Waals surface area contributed by atoms with E-state index >= 15 is 0 Å². The first-order valence-corrected chi connectivity index (χ1v) is 9.42. The number of aliphatic hydroxyl groups is 1. The Labute approximate surface area is 173 Å². The molecule has 1 fully saturated rings. The summed E-state index contributed by atoms with van der Waals surface area (Å²) in [7, 11) is 0. The number of hydrogen-bond acceptors (Lipinski definition) is 6. The fourth-order valence-electron chi connectivity index (χ4n) is 2.70. The number of alkyl carbamates (subject to hydrolysis) is 2. The molecule has 0 aromatic heterocycles. The summed E-state index contributed by atoms with van der Waals surface area (Å²) in [6.07, 6.45) is -2.02. The summed E-state index contributed by atoms with van der Waals surface area (Å²) in [4.78, 5) is 37.5. The second-order valence-electron chi connectivity index (χ2n) is 6.65. The number of ether oxygens (including phenoxy) is 2. The molecule has 30 heavy (non-hydrogen) atoms. The van der Waals surface area contributed by atoms with Crippen LogP contribution in [0.25, 0.3) is 0 Å². The number of nitrogens with zero attached hydrogens (tertiary/aromatic N) is 1. The third-order valence-electron chi connectivity index (χ3n) is 4.38. The average molecular weight is 413 g/mol. The van der Waals surface area contributed by atoms with Gasteiger partial charge in [-0.1, -0.05) is 60.7 Å². The summed E-state index contributed by atoms with van der Waals surface area (Å²) < 4.78 is 10.2. The maximum atomic E-state index is 12.4. The largest absolute Gasteiger partial charge is 0.445 e. The Kier molecular flexibility index (Phi) is 7.23. The van der Waals surface area contributed by atoms with E-state index < -0.39 is 36.9 Å². The first kappa shape index (κ1) is 21.1. The van der Waals surface area contributed by atoms with E-state index in [9.17, 15) is 19.5 Å². The van der Waals surface area contributed by atoms with E-state index in [4.69, 9.17) is 9.47 Å². The van der Waals surface area contributed by atoms with E-state index in [2.05, 4.69) is 10.6 Å². The van der Waals surface area contributed by atoms with Gasteiger partial charge in [0.1, 0.15) is 25.4 Å². The summed E-state index contributed by atoms with van der Waals surface area (Å²) in [6, 6.07) is 17.1. The molecular formula is C21H23N3O6. The molecule has 1 aliphatic heterocycles. The van der Waals surface area contributed by atoms with Crippen LogP contribution in [-0.2, 0) is 27.5 Å². The molecule has 3 amide bonds. The zero-order chi connectivity index (χ0) is 21.3. The van der Waals surface area contributed by atoms with Crippen molar-refractivity contribution in [1.82, 2.24) is 15.5 Å². The van der Waals surface area contributed by atoms with Crippen LogP contribution in [0.5, 0.6) is 0 Å². The lowest BCUT2D eigenvalue weighted by Gasteiger charge is -2.16. The average Bonchev–Trinajstić information content (AvgIpc) is 3.54. The Morgan fingerprint density at radius 2 is 1.47 bits per heavy atom. The van der Waals surface area contributed by atoms with Crippen molar-refractivity contribution >= 4 is 18.1 Å². The lowest BCUT2D eigenvalue weighted by atomic mass is 10.2. The Morgan fingerprint density at radius 3 is 2.00 bits per heavy atom. The summed E-state index contributed by atoms with van der Waals surface area (Å²) >= 11 is 0. The van der Waals surface area contributed by atoms with Crippen molar-refractivity contribution < 1.29 is 29.0 Å². The molecule has 9 heteroatoms. The SMILES string of the molecule is O=C(NC1CN1C(=O)[C@H](CO)NC(=O)OCc1ccccc1)OCc1ccccc1. The molecule has 158 valence electrons. The fraction of sp³-hybridized carbons (Fsp3) is 0.286. The maximum absolute atomic E-state index is 12.4. The van der Waals surface area contributed by atoms with Crippen molar-refractivity contribution in [3.8, 4) is 0 Å². The van der Waals surface area contributed by atoms with Gasteiger partial charge in [-0.05, 0) is 11.1 Å². The second-order valence-corrected chi connectivity index (χ2v) is 6.65. The monoisotopic (exact) mass is 413 g/mol. The molecule has 3 N–H and O–H groups in total. The minimum Gasteiger partial charge on any atom is -0.445 e. The highest BCUT2D eigenvalue weighted by molar-refractivity contribution is 5.88. The van der Waals surface area contributed by atoms with Gasteiger partial charge in [0.25, 0.3) is 0 Å². The van der Waals surface area contributed by atoms with Crippen LogP contribution >= 0.6 is 0 Å². The van der Waals surface area contributed by atoms with Crippen LogP contribution in [0.15, 0.2) is 60.7 Å². The second kappa shape index (κ2) is 10.3. The van der Waals surface area contributed by atoms with Crippen molar-refractivity contribution in [2.45, 2.75) is 25.4 Å². The standard InChI is InChI=1S/C21H23N3O6/c25-12-17(22-20(27)29-13-15-7-3-1-4-8-15)19(26)24-11-18(24)23-21(28)30-14-16-9-5-2-6-10-16/h1-10,17-18,25H,11-14H2,(H,22,27)(H,23,28)/t17-,18?,24?/m0/s1. The van der Waals surface area contributed by atoms with Crippen LogP contribution in [0.1, 0.15) is 11.1 Å². The van der Waals surface area contributed by atoms with Gasteiger partial charge in [0.2, 0.25) is 5.91 Å². The molecule has 0 radical (unpaired) electrons. The number of rotatable bonds is 8. The van der Waals surface area contributed by atoms with Crippen LogP contribution in [-0.4, -0.2) is 53.5 Å². The van der Waals surface area contributed by atoms with Gasteiger partial charge in [0.05, 0.1) is 13.2 Å². The normalized spacial score (nSPS) is 15.6. The molecule has 0 bridgehead atoms. The maximum Gasteiger partial charge on any atom is 0.409 e. The summed E-state index contributed by atoms with van der Waals surface area (Å²) in [5.41, 5.74) is 1.64. The summed E-state index contributed by atoms with van der Waals surface area (Å²) in [5, 5.41) is 14.3. The van der Waals surface area contributed by atoms with Gasteiger partial charge in [-0.2, -0.15) is 0 Å². The van der Waals surface area contributed by atoms with Gasteiger partial charge in [-0.15, -0.1) is 0 Å². The minimum atomic E-state index is -1.17. The lowest BCUT2D eigenvalue weighted by Crippen LogP contribution is -2.47. The summed E-state index contributed by atoms with van der Waals surface area (Å²) in [6.45, 7) is -0.182. The smallest absolute Gasteiger partial charge is 0.409 e. The molecule has 0 saturated carbocycles. The fourth-order valence-corrected chi connectivity index (χ4v) is 2.70. The molecule has 9 nitrogen and oxygen atoms in total. The predicted octanol–water partition coefficient (Wildman–Crippen LogP) is 1.37. The van der Waals surface area contributed by atoms with Gasteiger partial charge in [-0.25, -0.2) is 9.59 Å². The molecule has 1 heterocycles. The number of hydrogen-bond donors (Lipinski definition) is 3. The third kappa shape index (κ3) is 6.21. The van der Waals surface area contributed by atoms with E-state index in [0.717, 1.165) is 11.1 Å². The van der Waals surface area contributed by atoms with Crippen LogP contribution in [0.4, 0.5) is 9.59 Å². The number of nitrogens with one attached hydrogen (secondary N) is 2. The molecule has 0 spiro atoms. The van der Waals surface area contributed by atoms with Gasteiger partial charge < -0.3 is 24.8 Å². The van der Waals surface area contributed by atoms with E-state index in [0.29, 0.717) is 0 Å². The van der Waals surface area contributed by atoms with E-state index in [-0.39, 0.29) is 19.8 Å². The molecular weight excluding hydrogens is 390 g/mol. The van der Waals surface area contributed by atoms with Gasteiger partial charge in [-0.3, -0.25) is 10.1 Å². The third-order valence-corrected chi connectivity index (χ3v) is 4.38. The van der Waals surface area contributed by atoms with Crippen molar-refractivity contribution in [3.63, 3.8) is 0 Å². The lowest BCUT2D eigenvalue weighted by molar-refractivity contribution is -0.129. The number of carbonyl (C=O) groups excluding carboxylic acids is 3. The van der Waals surface area contributed by atoms with Gasteiger partial charge in [0, 0.05) is 0 Å². The molecule has 2 aromatic rings. The topological polar surface area (TPSA) is 117 Å². The van der Waals surface area contributed by atoms with E-state index in [1.165, 1.54) is 4.90 Å². The molecule has 2 atom stereocenters. The first-order valence-electron chi connectivity index (χ1n) is 9.42. The van der Waals surface area contributed by atoms with Crippen molar-refractivity contribution in [3.05, 3.63) is 71.8 Å². The van der Waals surface area contributed by atoms with Crippen molar-refractivity contribution in [2.75, 3.05) is 13.2 Å². The molecule has 1 aliphatic rings. The van der Waals surface area contributed by atoms with Gasteiger partial charge >= 0.3 is 12.2 Å². The number of benzene rings is 2. The van der Waals surface area contributed by atoms with E-state index in [1.54, 1.807) is 12.1 Å². The minimum absolute atomic E-state index is 0.0418. The quantitative estimate of drug-likeness (QED) is 0.563. The highest BCUT2D eigenvalue weighted by atomic mass is 16.6. The Morgan fingerprint density at radius 1 is 0.933 bits per heavy atom. The highest BCUT2D eigenvalue weighted by Crippen LogP contribution is 2.16. The Balaban J connectivity index is 1.39. The molecule has 1 saturated heterocycles. The molecule has 2 aromatic carbocycles. The van der Waals surface area contributed by atoms with Gasteiger partial charge in [0.15, 0.2) is 0 Å². The highest BCUT2D eigenvalue weighted by Gasteiger charge is 2.43. The summed E-state index contributed by atoms with van der Waals surface area (Å²) in [5.74, 6) is -0.525. The zero-order valence-electron chi connectivity index (χ0n) is 16.2. The number of amides is 3. The Bertz CT molecular complexity index is 862. The van der Waals surface area contributed by atoms with Crippen LogP contribution in [0.3, 0.4) is 0 Å². The van der Waals surface area contributed by atoms with Crippen LogP contribution in [0.2, 0.25) is 0 Å². The van der Waals surface area contributed by atoms with Crippen molar-refractivity contribution in [2.24, 2.45) is 0 Å². The van der Waals surface area contributed by atoms with E-state index in [1.807, 2.05) is 48.5 Å². The molecule has 1 unspecified atom stereocenters. The predicted molar refractivity (Wildman–Crippen MR) is 106 cm³/mol. The van der Waals surface area contributed by atoms with Crippen molar-refractivity contribution in [1.29, 1.82) is 0 Å². The first-order chi connectivity index (χ1) is 14.6. The molecule has 0 aliphatic carbocycles. The van der Waals surface area contributed by atoms with Crippen LogP contribution in [0, 0.1) is 0 Å².